The Morgan fingerprint density at radius 1 is 1.50 bits per heavy atom. The fourth-order valence-corrected chi connectivity index (χ4v) is 1.30. The molecule has 0 atom stereocenters. The molecule has 0 spiro atoms. The maximum absolute atomic E-state index is 10.5. The Hall–Kier alpha value is -1.36. The van der Waals surface area contributed by atoms with Gasteiger partial charge in [0.2, 0.25) is 5.91 Å². The van der Waals surface area contributed by atoms with E-state index in [2.05, 4.69) is 4.98 Å². The van der Waals surface area contributed by atoms with Crippen LogP contribution in [0.5, 0.6) is 0 Å². The van der Waals surface area contributed by atoms with Crippen LogP contribution in [-0.2, 0) is 17.9 Å². The molecule has 0 aliphatic carbocycles. The zero-order chi connectivity index (χ0) is 10.4. The van der Waals surface area contributed by atoms with E-state index in [1.165, 1.54) is 0 Å². The molecule has 0 unspecified atom stereocenters. The highest BCUT2D eigenvalue weighted by Gasteiger charge is 1.99. The Labute approximate surface area is 83.1 Å². The smallest absolute Gasteiger partial charge is 0.217 e. The monoisotopic (exact) mass is 196 g/mol. The quantitative estimate of drug-likeness (QED) is 0.628. The van der Waals surface area contributed by atoms with Crippen LogP contribution in [-0.4, -0.2) is 15.5 Å². The summed E-state index contributed by atoms with van der Waals surface area (Å²) in [5, 5.41) is 0. The van der Waals surface area contributed by atoms with Crippen molar-refractivity contribution >= 4 is 5.91 Å². The van der Waals surface area contributed by atoms with Crippen LogP contribution in [0.1, 0.15) is 25.0 Å². The summed E-state index contributed by atoms with van der Waals surface area (Å²) in [5.41, 5.74) is 11.6. The molecule has 1 rings (SSSR count). The number of primary amides is 1. The lowest BCUT2D eigenvalue weighted by Crippen LogP contribution is -2.11. The van der Waals surface area contributed by atoms with Gasteiger partial charge in [-0.25, -0.2) is 4.98 Å². The highest BCUT2D eigenvalue weighted by atomic mass is 16.1. The van der Waals surface area contributed by atoms with E-state index >= 15 is 0 Å². The van der Waals surface area contributed by atoms with E-state index in [0.717, 1.165) is 25.1 Å². The minimum atomic E-state index is -0.241. The van der Waals surface area contributed by atoms with Gasteiger partial charge in [-0.15, -0.1) is 0 Å². The predicted octanol–water partition coefficient (Wildman–Crippen LogP) is -0.00260. The van der Waals surface area contributed by atoms with Crippen molar-refractivity contribution in [1.29, 1.82) is 0 Å². The average molecular weight is 196 g/mol. The summed E-state index contributed by atoms with van der Waals surface area (Å²) < 4.78 is 2.00. The lowest BCUT2D eigenvalue weighted by molar-refractivity contribution is -0.118. The fraction of sp³-hybridized carbons (Fsp3) is 0.556. The molecule has 1 aromatic rings. The zero-order valence-electron chi connectivity index (χ0n) is 8.15. The van der Waals surface area contributed by atoms with Gasteiger partial charge in [0, 0.05) is 25.7 Å². The summed E-state index contributed by atoms with van der Waals surface area (Å²) in [6.45, 7) is 1.34. The van der Waals surface area contributed by atoms with Gasteiger partial charge in [0.05, 0.1) is 12.0 Å². The van der Waals surface area contributed by atoms with Crippen LogP contribution in [0.3, 0.4) is 0 Å². The first-order valence-corrected chi connectivity index (χ1v) is 4.71. The third-order valence-corrected chi connectivity index (χ3v) is 2.08. The number of aryl methyl sites for hydroxylation is 1. The predicted molar refractivity (Wildman–Crippen MR) is 53.2 cm³/mol. The molecule has 5 nitrogen and oxygen atoms in total. The van der Waals surface area contributed by atoms with Crippen molar-refractivity contribution < 1.29 is 4.79 Å². The first kappa shape index (κ1) is 10.7. The number of amides is 1. The molecule has 0 saturated heterocycles. The van der Waals surface area contributed by atoms with Gasteiger partial charge in [0.1, 0.15) is 0 Å². The van der Waals surface area contributed by atoms with Crippen molar-refractivity contribution in [2.45, 2.75) is 32.4 Å². The van der Waals surface area contributed by atoms with E-state index in [4.69, 9.17) is 11.5 Å². The third-order valence-electron chi connectivity index (χ3n) is 2.08. The Kier molecular flexibility index (Phi) is 4.12. The van der Waals surface area contributed by atoms with Crippen LogP contribution in [0.4, 0.5) is 0 Å². The van der Waals surface area contributed by atoms with Gasteiger partial charge in [-0.3, -0.25) is 4.79 Å². The number of rotatable bonds is 6. The second-order valence-corrected chi connectivity index (χ2v) is 3.21. The standard InChI is InChI=1S/C9H16N4O/c10-5-8-6-12-7-13(8)4-2-1-3-9(11)14/h6-7H,1-5,10H2,(H2,11,14). The number of hydrogen-bond acceptors (Lipinski definition) is 3. The largest absolute Gasteiger partial charge is 0.370 e. The normalized spacial score (nSPS) is 10.4. The number of nitrogens with two attached hydrogens (primary N) is 2. The maximum atomic E-state index is 10.5. The fourth-order valence-electron chi connectivity index (χ4n) is 1.30. The van der Waals surface area contributed by atoms with Crippen molar-refractivity contribution in [1.82, 2.24) is 9.55 Å². The van der Waals surface area contributed by atoms with Crippen molar-refractivity contribution in [3.05, 3.63) is 18.2 Å². The van der Waals surface area contributed by atoms with Gasteiger partial charge >= 0.3 is 0 Å². The molecule has 4 N–H and O–H groups in total. The van der Waals surface area contributed by atoms with Crippen molar-refractivity contribution in [2.24, 2.45) is 11.5 Å². The molecule has 0 saturated carbocycles. The van der Waals surface area contributed by atoms with Crippen molar-refractivity contribution in [3.63, 3.8) is 0 Å². The summed E-state index contributed by atoms with van der Waals surface area (Å²) in [5.74, 6) is -0.241. The second-order valence-electron chi connectivity index (χ2n) is 3.21. The van der Waals surface area contributed by atoms with Crippen LogP contribution in [0, 0.1) is 0 Å². The Morgan fingerprint density at radius 2 is 2.29 bits per heavy atom. The van der Waals surface area contributed by atoms with Crippen molar-refractivity contribution in [2.75, 3.05) is 0 Å². The molecule has 1 aromatic heterocycles. The molecule has 0 radical (unpaired) electrons. The molecule has 0 bridgehead atoms. The number of carbonyl (C=O) groups excluding carboxylic acids is 1. The van der Waals surface area contributed by atoms with Crippen LogP contribution in [0.2, 0.25) is 0 Å². The number of hydrogen-bond donors (Lipinski definition) is 2. The maximum Gasteiger partial charge on any atom is 0.217 e. The van der Waals surface area contributed by atoms with E-state index < -0.39 is 0 Å². The van der Waals surface area contributed by atoms with E-state index in [0.29, 0.717) is 13.0 Å². The molecule has 0 fully saturated rings. The Morgan fingerprint density at radius 3 is 2.93 bits per heavy atom. The van der Waals surface area contributed by atoms with Crippen molar-refractivity contribution in [3.8, 4) is 0 Å². The average Bonchev–Trinajstić information content (AvgIpc) is 2.59. The number of unbranched alkanes of at least 4 members (excludes halogenated alkanes) is 1. The third kappa shape index (κ3) is 3.18. The highest BCUT2D eigenvalue weighted by Crippen LogP contribution is 2.02. The summed E-state index contributed by atoms with van der Waals surface area (Å²) in [6, 6.07) is 0. The molecule has 1 heterocycles. The van der Waals surface area contributed by atoms with Gasteiger partial charge in [-0.1, -0.05) is 0 Å². The number of nitrogens with zero attached hydrogens (tertiary/aromatic N) is 2. The summed E-state index contributed by atoms with van der Waals surface area (Å²) in [4.78, 5) is 14.5. The molecule has 14 heavy (non-hydrogen) atoms. The topological polar surface area (TPSA) is 86.9 Å². The van der Waals surface area contributed by atoms with Gasteiger partial charge in [-0.05, 0) is 12.8 Å². The zero-order valence-corrected chi connectivity index (χ0v) is 8.15. The second kappa shape index (κ2) is 5.39. The number of carbonyl (C=O) groups is 1. The molecule has 0 aromatic carbocycles. The molecular weight excluding hydrogens is 180 g/mol. The lowest BCUT2D eigenvalue weighted by Gasteiger charge is -2.05. The number of aromatic nitrogens is 2. The van der Waals surface area contributed by atoms with E-state index in [9.17, 15) is 4.79 Å². The van der Waals surface area contributed by atoms with Crippen LogP contribution in [0.25, 0.3) is 0 Å². The van der Waals surface area contributed by atoms with Gasteiger partial charge in [-0.2, -0.15) is 0 Å². The Balaban J connectivity index is 2.27. The van der Waals surface area contributed by atoms with Crippen LogP contribution in [0.15, 0.2) is 12.5 Å². The minimum absolute atomic E-state index is 0.241. The molecule has 5 heteroatoms. The summed E-state index contributed by atoms with van der Waals surface area (Å²) >= 11 is 0. The lowest BCUT2D eigenvalue weighted by atomic mass is 10.2. The summed E-state index contributed by atoms with van der Waals surface area (Å²) in [7, 11) is 0. The molecule has 0 aliphatic rings. The van der Waals surface area contributed by atoms with Gasteiger partial charge in [0.25, 0.3) is 0 Å². The highest BCUT2D eigenvalue weighted by molar-refractivity contribution is 5.73. The number of imidazole rings is 1. The van der Waals surface area contributed by atoms with Gasteiger partial charge in [0.15, 0.2) is 0 Å². The van der Waals surface area contributed by atoms with Gasteiger partial charge < -0.3 is 16.0 Å². The molecular formula is C9H16N4O. The van der Waals surface area contributed by atoms with E-state index in [-0.39, 0.29) is 5.91 Å². The molecule has 78 valence electrons. The SMILES string of the molecule is NCc1cncn1CCCCC(N)=O. The van der Waals surface area contributed by atoms with E-state index in [1.807, 2.05) is 4.57 Å². The minimum Gasteiger partial charge on any atom is -0.370 e. The Bertz CT molecular complexity index is 295. The first-order chi connectivity index (χ1) is 6.74. The van der Waals surface area contributed by atoms with Crippen LogP contribution >= 0.6 is 0 Å². The van der Waals surface area contributed by atoms with Crippen LogP contribution < -0.4 is 11.5 Å². The van der Waals surface area contributed by atoms with E-state index in [1.54, 1.807) is 12.5 Å². The molecule has 0 aliphatic heterocycles. The molecule has 1 amide bonds. The summed E-state index contributed by atoms with van der Waals surface area (Å²) in [6.07, 6.45) is 5.71. The first-order valence-electron chi connectivity index (χ1n) is 4.71.